The minimum atomic E-state index is -2.08. The molecule has 1 atom stereocenters. The molecular formula is C20H28O2Si. The second-order valence-corrected chi connectivity index (χ2v) is 12.4. The van der Waals surface area contributed by atoms with Gasteiger partial charge in [0.25, 0.3) is 0 Å². The molecule has 0 fully saturated rings. The Bertz CT molecular complexity index is 595. The molecule has 1 N–H and O–H groups in total. The van der Waals surface area contributed by atoms with Crippen LogP contribution in [0, 0.1) is 24.7 Å². The topological polar surface area (TPSA) is 29.5 Å². The lowest BCUT2D eigenvalue weighted by atomic mass is 9.88. The number of hydrogen-bond acceptors (Lipinski definition) is 2. The minimum absolute atomic E-state index is 0.0354. The third-order valence-electron chi connectivity index (χ3n) is 4.76. The normalized spacial score (nSPS) is 13.9. The molecule has 0 amide bonds. The Hall–Kier alpha value is -1.68. The van der Waals surface area contributed by atoms with Crippen molar-refractivity contribution in [2.45, 2.75) is 63.8 Å². The molecule has 3 heteroatoms. The first-order valence-electron chi connectivity index (χ1n) is 7.91. The van der Waals surface area contributed by atoms with E-state index in [0.717, 1.165) is 5.56 Å². The van der Waals surface area contributed by atoms with E-state index in [0.29, 0.717) is 6.42 Å². The third-order valence-corrected chi connectivity index (χ3v) is 9.23. The predicted molar refractivity (Wildman–Crippen MR) is 99.8 cm³/mol. The van der Waals surface area contributed by atoms with E-state index in [1.165, 1.54) is 0 Å². The van der Waals surface area contributed by atoms with Gasteiger partial charge in [-0.1, -0.05) is 51.7 Å². The van der Waals surface area contributed by atoms with Gasteiger partial charge in [0.05, 0.1) is 0 Å². The fourth-order valence-corrected chi connectivity index (χ4v) is 3.58. The fourth-order valence-electron chi connectivity index (χ4n) is 2.20. The van der Waals surface area contributed by atoms with Crippen molar-refractivity contribution >= 4 is 8.32 Å². The van der Waals surface area contributed by atoms with Gasteiger partial charge < -0.3 is 9.53 Å². The zero-order chi connectivity index (χ0) is 17.9. The van der Waals surface area contributed by atoms with E-state index in [2.05, 4.69) is 52.6 Å². The van der Waals surface area contributed by atoms with E-state index in [4.69, 9.17) is 17.3 Å². The SMILES string of the molecule is C#CC(C#C)(CC(C)c1ccc(O)cc1)O[Si](C)(C)C(C)(C)C. The molecule has 1 rings (SSSR count). The molecule has 23 heavy (non-hydrogen) atoms. The van der Waals surface area contributed by atoms with Gasteiger partial charge in [-0.05, 0) is 41.7 Å². The molecule has 124 valence electrons. The number of benzene rings is 1. The maximum atomic E-state index is 9.42. The fraction of sp³-hybridized carbons (Fsp3) is 0.500. The summed E-state index contributed by atoms with van der Waals surface area (Å²) in [6.07, 6.45) is 12.1. The predicted octanol–water partition coefficient (Wildman–Crippen LogP) is 4.91. The van der Waals surface area contributed by atoms with Crippen LogP contribution in [-0.4, -0.2) is 19.0 Å². The quantitative estimate of drug-likeness (QED) is 0.614. The van der Waals surface area contributed by atoms with Gasteiger partial charge in [0.1, 0.15) is 5.75 Å². The zero-order valence-electron chi connectivity index (χ0n) is 15.1. The molecule has 0 spiro atoms. The molecule has 1 unspecified atom stereocenters. The number of phenolic OH excluding ortho intramolecular Hbond substituents is 1. The van der Waals surface area contributed by atoms with E-state index >= 15 is 0 Å². The van der Waals surface area contributed by atoms with E-state index in [1.807, 2.05) is 12.1 Å². The molecule has 0 aliphatic rings. The monoisotopic (exact) mass is 328 g/mol. The van der Waals surface area contributed by atoms with E-state index in [1.54, 1.807) is 12.1 Å². The van der Waals surface area contributed by atoms with Gasteiger partial charge in [0, 0.05) is 6.42 Å². The summed E-state index contributed by atoms with van der Waals surface area (Å²) in [6, 6.07) is 7.14. The van der Waals surface area contributed by atoms with E-state index in [9.17, 15) is 5.11 Å². The average molecular weight is 329 g/mol. The van der Waals surface area contributed by atoms with Gasteiger partial charge in [-0.15, -0.1) is 12.8 Å². The van der Waals surface area contributed by atoms with Crippen molar-refractivity contribution in [1.82, 2.24) is 0 Å². The molecule has 0 saturated heterocycles. The van der Waals surface area contributed by atoms with E-state index in [-0.39, 0.29) is 16.7 Å². The summed E-state index contributed by atoms with van der Waals surface area (Å²) < 4.78 is 6.42. The number of rotatable bonds is 5. The molecule has 0 aliphatic carbocycles. The van der Waals surface area contributed by atoms with Crippen LogP contribution in [0.1, 0.15) is 45.6 Å². The highest BCUT2D eigenvalue weighted by atomic mass is 28.4. The van der Waals surface area contributed by atoms with Crippen LogP contribution >= 0.6 is 0 Å². The summed E-state index contributed by atoms with van der Waals surface area (Å²) in [4.78, 5) is 0. The lowest BCUT2D eigenvalue weighted by Gasteiger charge is -2.42. The summed E-state index contributed by atoms with van der Waals surface area (Å²) >= 11 is 0. The maximum Gasteiger partial charge on any atom is 0.195 e. The summed E-state index contributed by atoms with van der Waals surface area (Å²) in [5.41, 5.74) is 0.0804. The van der Waals surface area contributed by atoms with Crippen LogP contribution in [0.5, 0.6) is 5.75 Å². The lowest BCUT2D eigenvalue weighted by Crippen LogP contribution is -2.49. The first kappa shape index (κ1) is 19.4. The molecule has 2 nitrogen and oxygen atoms in total. The Labute approximate surface area is 142 Å². The molecule has 0 heterocycles. The van der Waals surface area contributed by atoms with Gasteiger partial charge >= 0.3 is 0 Å². The highest BCUT2D eigenvalue weighted by molar-refractivity contribution is 6.74. The van der Waals surface area contributed by atoms with Crippen molar-refractivity contribution in [3.05, 3.63) is 29.8 Å². The Morgan fingerprint density at radius 1 is 1.13 bits per heavy atom. The van der Waals surface area contributed by atoms with Crippen LogP contribution in [0.3, 0.4) is 0 Å². The smallest absolute Gasteiger partial charge is 0.195 e. The Morgan fingerprint density at radius 3 is 2.00 bits per heavy atom. The van der Waals surface area contributed by atoms with Crippen LogP contribution in [0.15, 0.2) is 24.3 Å². The number of phenols is 1. The summed E-state index contributed by atoms with van der Waals surface area (Å²) in [7, 11) is -2.08. The van der Waals surface area contributed by atoms with Gasteiger partial charge in [0.2, 0.25) is 0 Å². The van der Waals surface area contributed by atoms with E-state index < -0.39 is 13.9 Å². The highest BCUT2D eigenvalue weighted by Crippen LogP contribution is 2.41. The van der Waals surface area contributed by atoms with Crippen LogP contribution in [0.2, 0.25) is 18.1 Å². The standard InChI is InChI=1S/C20H28O2Si/c1-9-20(10-2,22-23(7,8)19(4,5)6)15-16(3)17-11-13-18(21)14-12-17/h1-2,11-14,16,21H,15H2,3-8H3. The van der Waals surface area contributed by atoms with Crippen molar-refractivity contribution in [3.63, 3.8) is 0 Å². The Morgan fingerprint density at radius 2 is 1.61 bits per heavy atom. The first-order chi connectivity index (χ1) is 10.5. The van der Waals surface area contributed by atoms with Crippen molar-refractivity contribution in [2.24, 2.45) is 0 Å². The van der Waals surface area contributed by atoms with Gasteiger partial charge in [0.15, 0.2) is 13.9 Å². The van der Waals surface area contributed by atoms with Gasteiger partial charge in [-0.2, -0.15) is 0 Å². The largest absolute Gasteiger partial charge is 0.508 e. The van der Waals surface area contributed by atoms with Crippen molar-refractivity contribution < 1.29 is 9.53 Å². The summed E-state index contributed by atoms with van der Waals surface area (Å²) in [6.45, 7) is 12.9. The molecule has 1 aromatic carbocycles. The third kappa shape index (κ3) is 4.64. The van der Waals surface area contributed by atoms with Crippen molar-refractivity contribution in [2.75, 3.05) is 0 Å². The average Bonchev–Trinajstić information content (AvgIpc) is 2.45. The van der Waals surface area contributed by atoms with Gasteiger partial charge in [-0.3, -0.25) is 0 Å². The maximum absolute atomic E-state index is 9.42. The van der Waals surface area contributed by atoms with Crippen LogP contribution in [0.4, 0.5) is 0 Å². The van der Waals surface area contributed by atoms with Crippen LogP contribution < -0.4 is 0 Å². The molecule has 0 aromatic heterocycles. The molecule has 0 saturated carbocycles. The number of terminal acetylenes is 2. The first-order valence-corrected chi connectivity index (χ1v) is 10.8. The molecule has 0 bridgehead atoms. The molecule has 1 aromatic rings. The second kappa shape index (κ2) is 6.83. The Balaban J connectivity index is 3.05. The summed E-state index contributed by atoms with van der Waals surface area (Å²) in [5.74, 6) is 5.85. The van der Waals surface area contributed by atoms with Crippen molar-refractivity contribution in [1.29, 1.82) is 0 Å². The molecule has 0 radical (unpaired) electrons. The van der Waals surface area contributed by atoms with Crippen LogP contribution in [0.25, 0.3) is 0 Å². The number of hydrogen-bond donors (Lipinski definition) is 1. The minimum Gasteiger partial charge on any atom is -0.508 e. The van der Waals surface area contributed by atoms with Crippen LogP contribution in [-0.2, 0) is 4.43 Å². The zero-order valence-corrected chi connectivity index (χ0v) is 16.1. The highest BCUT2D eigenvalue weighted by Gasteiger charge is 2.44. The second-order valence-electron chi connectivity index (χ2n) is 7.67. The van der Waals surface area contributed by atoms with Gasteiger partial charge in [-0.25, -0.2) is 0 Å². The number of aromatic hydroxyl groups is 1. The van der Waals surface area contributed by atoms with Crippen molar-refractivity contribution in [3.8, 4) is 30.4 Å². The lowest BCUT2D eigenvalue weighted by molar-refractivity contribution is 0.153. The molecular weight excluding hydrogens is 300 g/mol. The summed E-state index contributed by atoms with van der Waals surface area (Å²) in [5, 5.41) is 9.46. The molecule has 0 aliphatic heterocycles. The Kier molecular flexibility index (Phi) is 5.75.